The number of hydrogen-bond donors (Lipinski definition) is 4. The second-order valence-electron chi connectivity index (χ2n) is 9.18. The van der Waals surface area contributed by atoms with E-state index in [1.807, 2.05) is 0 Å². The number of carbonyl (C=O) groups excluding carboxylic acids is 1. The highest BCUT2D eigenvalue weighted by Gasteiger charge is 2.29. The van der Waals surface area contributed by atoms with Gasteiger partial charge in [0.05, 0.1) is 14.2 Å². The van der Waals surface area contributed by atoms with Gasteiger partial charge in [-0.1, -0.05) is 11.6 Å². The lowest BCUT2D eigenvalue weighted by Crippen LogP contribution is -2.23. The molecule has 0 spiro atoms. The number of nitrogens with two attached hydrogens (primary N) is 2. The third-order valence-corrected chi connectivity index (χ3v) is 6.75. The Hall–Kier alpha value is -4.48. The number of aliphatic hydroxyl groups excluding tert-OH is 1. The van der Waals surface area contributed by atoms with Gasteiger partial charge in [-0.2, -0.15) is 4.98 Å². The lowest BCUT2D eigenvalue weighted by atomic mass is 9.99. The van der Waals surface area contributed by atoms with Crippen LogP contribution in [-0.2, 0) is 6.42 Å². The summed E-state index contributed by atoms with van der Waals surface area (Å²) in [6.07, 6.45) is 0.563. The van der Waals surface area contributed by atoms with Crippen molar-refractivity contribution in [3.63, 3.8) is 0 Å². The number of aromatic nitrogens is 3. The highest BCUT2D eigenvalue weighted by atomic mass is 35.5. The molecule has 2 aromatic carbocycles. The SMILES string of the molecule is COc1cc(Cc2cnc(N)nc2N)c2cc(C(O)c3c(C(=O)N(C)C)[nH]c4ccc(Cl)cc34)oc2c1OC. The van der Waals surface area contributed by atoms with Crippen LogP contribution in [0.3, 0.4) is 0 Å². The number of nitrogen functional groups attached to an aromatic ring is 2. The number of methoxy groups -OCH3 is 2. The van der Waals surface area contributed by atoms with Crippen molar-refractivity contribution < 1.29 is 23.8 Å². The molecule has 202 valence electrons. The molecule has 1 amide bonds. The van der Waals surface area contributed by atoms with E-state index in [0.717, 1.165) is 5.56 Å². The van der Waals surface area contributed by atoms with Gasteiger partial charge in [0.25, 0.3) is 5.91 Å². The van der Waals surface area contributed by atoms with Crippen molar-refractivity contribution in [1.82, 2.24) is 19.9 Å². The summed E-state index contributed by atoms with van der Waals surface area (Å²) < 4.78 is 17.4. The summed E-state index contributed by atoms with van der Waals surface area (Å²) in [4.78, 5) is 25.7. The monoisotopic (exact) mass is 550 g/mol. The molecule has 0 saturated carbocycles. The van der Waals surface area contributed by atoms with E-state index in [1.165, 1.54) is 19.1 Å². The van der Waals surface area contributed by atoms with Gasteiger partial charge in [-0.15, -0.1) is 0 Å². The predicted octanol–water partition coefficient (Wildman–Crippen LogP) is 3.91. The topological polar surface area (TPSA) is 166 Å². The number of rotatable bonds is 7. The first kappa shape index (κ1) is 26.1. The molecule has 1 unspecified atom stereocenters. The largest absolute Gasteiger partial charge is 0.493 e. The van der Waals surface area contributed by atoms with Gasteiger partial charge < -0.3 is 40.3 Å². The van der Waals surface area contributed by atoms with Gasteiger partial charge in [0.15, 0.2) is 11.3 Å². The van der Waals surface area contributed by atoms with E-state index < -0.39 is 6.10 Å². The molecule has 5 aromatic rings. The zero-order valence-electron chi connectivity index (χ0n) is 21.7. The van der Waals surface area contributed by atoms with Crippen LogP contribution < -0.4 is 20.9 Å². The van der Waals surface area contributed by atoms with Crippen LogP contribution in [0.4, 0.5) is 11.8 Å². The molecule has 3 heterocycles. The predicted molar refractivity (Wildman–Crippen MR) is 148 cm³/mol. The summed E-state index contributed by atoms with van der Waals surface area (Å²) in [5.41, 5.74) is 14.7. The number of aliphatic hydroxyl groups is 1. The average Bonchev–Trinajstić information content (AvgIpc) is 3.51. The fourth-order valence-electron chi connectivity index (χ4n) is 4.64. The molecule has 0 radical (unpaired) electrons. The first-order chi connectivity index (χ1) is 18.6. The van der Waals surface area contributed by atoms with E-state index in [2.05, 4.69) is 15.0 Å². The number of halogens is 1. The molecule has 6 N–H and O–H groups in total. The lowest BCUT2D eigenvalue weighted by molar-refractivity contribution is 0.0816. The number of hydrogen-bond acceptors (Lipinski definition) is 9. The van der Waals surface area contributed by atoms with Crippen LogP contribution in [0, 0.1) is 0 Å². The molecule has 11 nitrogen and oxygen atoms in total. The molecule has 0 aliphatic rings. The van der Waals surface area contributed by atoms with Gasteiger partial charge in [0, 0.05) is 59.2 Å². The van der Waals surface area contributed by atoms with E-state index in [0.29, 0.717) is 55.9 Å². The van der Waals surface area contributed by atoms with Crippen LogP contribution in [0.15, 0.2) is 40.9 Å². The first-order valence-electron chi connectivity index (χ1n) is 11.9. The van der Waals surface area contributed by atoms with Gasteiger partial charge in [-0.3, -0.25) is 4.79 Å². The molecule has 1 atom stereocenters. The number of nitrogens with one attached hydrogen (secondary N) is 1. The molecule has 12 heteroatoms. The number of nitrogens with zero attached hydrogens (tertiary/aromatic N) is 3. The highest BCUT2D eigenvalue weighted by Crippen LogP contribution is 2.43. The number of H-pyrrole nitrogens is 1. The van der Waals surface area contributed by atoms with Gasteiger partial charge in [0.2, 0.25) is 11.7 Å². The van der Waals surface area contributed by atoms with E-state index in [1.54, 1.807) is 50.6 Å². The second-order valence-corrected chi connectivity index (χ2v) is 9.62. The van der Waals surface area contributed by atoms with Crippen molar-refractivity contribution in [3.05, 3.63) is 69.7 Å². The van der Waals surface area contributed by atoms with E-state index in [4.69, 9.17) is 37.0 Å². The number of fused-ring (bicyclic) bond motifs is 2. The maximum absolute atomic E-state index is 13.1. The normalized spacial score (nSPS) is 12.2. The standard InChI is InChI=1S/C27H27ClN6O5/c1-34(2)26(36)21-20(16-9-14(28)5-6-17(16)32-21)22(35)18-10-15-12(7-13-11-31-27(30)33-25(13)29)8-19(37-3)24(38-4)23(15)39-18/h5-6,8-11,22,32,35H,7H2,1-4H3,(H4,29,30,31,33). The van der Waals surface area contributed by atoms with Crippen LogP contribution in [0.25, 0.3) is 21.9 Å². The molecule has 0 aliphatic carbocycles. The quantitative estimate of drug-likeness (QED) is 0.235. The number of amides is 1. The van der Waals surface area contributed by atoms with Gasteiger partial charge >= 0.3 is 0 Å². The lowest BCUT2D eigenvalue weighted by Gasteiger charge is -2.14. The molecule has 39 heavy (non-hydrogen) atoms. The van der Waals surface area contributed by atoms with Gasteiger partial charge in [0.1, 0.15) is 23.4 Å². The van der Waals surface area contributed by atoms with Crippen molar-refractivity contribution in [3.8, 4) is 11.5 Å². The van der Waals surface area contributed by atoms with E-state index in [-0.39, 0.29) is 29.1 Å². The summed E-state index contributed by atoms with van der Waals surface area (Å²) in [5.74, 6) is 0.968. The van der Waals surface area contributed by atoms with Crippen LogP contribution in [0.2, 0.25) is 5.02 Å². The molecule has 0 saturated heterocycles. The van der Waals surface area contributed by atoms with Crippen LogP contribution in [0.1, 0.15) is 39.0 Å². The Bertz CT molecular complexity index is 1730. The Kier molecular flexibility index (Phi) is 6.71. The minimum Gasteiger partial charge on any atom is -0.493 e. The van der Waals surface area contributed by atoms with Crippen molar-refractivity contribution in [2.75, 3.05) is 39.8 Å². The fourth-order valence-corrected chi connectivity index (χ4v) is 4.81. The Balaban J connectivity index is 1.71. The maximum Gasteiger partial charge on any atom is 0.270 e. The third-order valence-electron chi connectivity index (χ3n) is 6.52. The third kappa shape index (κ3) is 4.55. The smallest absolute Gasteiger partial charge is 0.270 e. The summed E-state index contributed by atoms with van der Waals surface area (Å²) >= 11 is 6.28. The molecule has 5 rings (SSSR count). The molecule has 0 fully saturated rings. The Morgan fingerprint density at radius 2 is 1.92 bits per heavy atom. The summed E-state index contributed by atoms with van der Waals surface area (Å²) in [6, 6.07) is 8.66. The minimum absolute atomic E-state index is 0.0735. The van der Waals surface area contributed by atoms with Crippen LogP contribution in [-0.4, -0.2) is 59.2 Å². The van der Waals surface area contributed by atoms with Crippen molar-refractivity contribution >= 4 is 51.1 Å². The summed E-state index contributed by atoms with van der Waals surface area (Å²) in [7, 11) is 6.28. The van der Waals surface area contributed by atoms with E-state index in [9.17, 15) is 9.90 Å². The number of ether oxygens (including phenoxy) is 2. The van der Waals surface area contributed by atoms with Gasteiger partial charge in [-0.05, 0) is 35.9 Å². The molecule has 3 aromatic heterocycles. The average molecular weight is 551 g/mol. The van der Waals surface area contributed by atoms with Crippen molar-refractivity contribution in [1.29, 1.82) is 0 Å². The summed E-state index contributed by atoms with van der Waals surface area (Å²) in [6.45, 7) is 0. The highest BCUT2D eigenvalue weighted by molar-refractivity contribution is 6.31. The van der Waals surface area contributed by atoms with Crippen molar-refractivity contribution in [2.45, 2.75) is 12.5 Å². The van der Waals surface area contributed by atoms with Crippen LogP contribution >= 0.6 is 11.6 Å². The minimum atomic E-state index is -1.32. The second kappa shape index (κ2) is 10.0. The maximum atomic E-state index is 13.1. The van der Waals surface area contributed by atoms with Crippen molar-refractivity contribution in [2.24, 2.45) is 0 Å². The van der Waals surface area contributed by atoms with E-state index >= 15 is 0 Å². The zero-order chi connectivity index (χ0) is 28.0. The first-order valence-corrected chi connectivity index (χ1v) is 12.3. The number of aromatic amines is 1. The molecule has 0 aliphatic heterocycles. The zero-order valence-corrected chi connectivity index (χ0v) is 22.5. The molecule has 0 bridgehead atoms. The Morgan fingerprint density at radius 1 is 1.15 bits per heavy atom. The molecular weight excluding hydrogens is 524 g/mol. The number of benzene rings is 2. The Labute approximate surface area is 228 Å². The van der Waals surface area contributed by atoms with Gasteiger partial charge in [-0.25, -0.2) is 4.98 Å². The molecular formula is C27H27ClN6O5. The van der Waals surface area contributed by atoms with Crippen LogP contribution in [0.5, 0.6) is 11.5 Å². The fraction of sp³-hybridized carbons (Fsp3) is 0.222. The number of furan rings is 1. The summed E-state index contributed by atoms with van der Waals surface area (Å²) in [5, 5.41) is 13.4. The number of anilines is 2. The Morgan fingerprint density at radius 3 is 2.59 bits per heavy atom. The number of carbonyl (C=O) groups is 1.